The molecule has 1 heteroatoms. The fourth-order valence-electron chi connectivity index (χ4n) is 8.19. The summed E-state index contributed by atoms with van der Waals surface area (Å²) >= 11 is 0. The molecule has 1 unspecified atom stereocenters. The van der Waals surface area contributed by atoms with Crippen LogP contribution in [0, 0.1) is 13.8 Å². The van der Waals surface area contributed by atoms with Crippen LogP contribution in [-0.2, 0) is 5.54 Å². The van der Waals surface area contributed by atoms with Gasteiger partial charge in [0.15, 0.2) is 0 Å². The Morgan fingerprint density at radius 2 is 1.23 bits per heavy atom. The number of likely N-dealkylation sites (N-methyl/N-ethyl adjacent to an activating group) is 1. The van der Waals surface area contributed by atoms with E-state index in [1.165, 1.54) is 61.2 Å². The standard InChI is InChI=1S/C57H55N.C2H6.C2H4/c1-10-14-23-49(12-3)57(58-9,50-24-16-15-17-25-50)39-41(6)44-29-33-47(34-30-44)53-27-20-28-54(43(53)8)48-35-31-45(32-36-48)42(7)55-38-37-46(21-11-2)51(13-4)56(55)52-26-19-18-22-40(52)5;2*1-2/h10-39,58H,1,4,7H2,2-3,5-6,8-9H3;1-2H3;1-2H2/b21-11-,23-14-,41-39+,49-12+;;. The van der Waals surface area contributed by atoms with Gasteiger partial charge in [-0.25, -0.2) is 0 Å². The Kier molecular flexibility index (Phi) is 18.0. The number of allylic oxidation sites excluding steroid dienone is 5. The molecule has 6 aromatic carbocycles. The van der Waals surface area contributed by atoms with E-state index in [1.54, 1.807) is 0 Å². The fraction of sp³-hybridized carbons (Fsp3) is 0.148. The minimum absolute atomic E-state index is 0.514. The molecule has 314 valence electrons. The smallest absolute Gasteiger partial charge is 0.0877 e. The lowest BCUT2D eigenvalue weighted by Crippen LogP contribution is -2.40. The second kappa shape index (κ2) is 23.3. The van der Waals surface area contributed by atoms with Gasteiger partial charge in [-0.15, -0.1) is 13.2 Å². The summed E-state index contributed by atoms with van der Waals surface area (Å²) in [6.45, 7) is 33.5. The van der Waals surface area contributed by atoms with Gasteiger partial charge >= 0.3 is 0 Å². The van der Waals surface area contributed by atoms with E-state index in [9.17, 15) is 0 Å². The number of benzene rings is 6. The molecule has 0 amide bonds. The highest BCUT2D eigenvalue weighted by Crippen LogP contribution is 2.40. The minimum Gasteiger partial charge on any atom is -0.304 e. The van der Waals surface area contributed by atoms with Crippen LogP contribution in [0.15, 0.2) is 208 Å². The molecule has 0 bridgehead atoms. The molecule has 0 heterocycles. The van der Waals surface area contributed by atoms with Gasteiger partial charge in [-0.05, 0) is 136 Å². The molecule has 1 nitrogen and oxygen atoms in total. The van der Waals surface area contributed by atoms with Crippen LogP contribution in [0.2, 0.25) is 0 Å². The summed E-state index contributed by atoms with van der Waals surface area (Å²) in [5.74, 6) is 0. The van der Waals surface area contributed by atoms with Crippen LogP contribution in [0.5, 0.6) is 0 Å². The molecular formula is C61H65N. The highest BCUT2D eigenvalue weighted by Gasteiger charge is 2.31. The van der Waals surface area contributed by atoms with Crippen molar-refractivity contribution in [2.45, 2.75) is 54.0 Å². The number of hydrogen-bond donors (Lipinski definition) is 1. The van der Waals surface area contributed by atoms with Crippen LogP contribution >= 0.6 is 0 Å². The SMILES string of the molecule is C=C.C=C/C=C\C(=C/C)C(/C=C(\C)c1ccc(-c2cccc(-c3ccc(C(=C)c4ccc(/C=C\C)c(C=C)c4-c4ccccc4C)cc3)c2C)cc1)(NC)c1ccccc1.CC. The molecule has 0 saturated carbocycles. The average Bonchev–Trinajstić information content (AvgIpc) is 3.33. The number of rotatable bonds is 14. The van der Waals surface area contributed by atoms with E-state index < -0.39 is 5.54 Å². The molecule has 0 aliphatic rings. The first kappa shape index (κ1) is 47.9. The van der Waals surface area contributed by atoms with Gasteiger partial charge in [0, 0.05) is 0 Å². The van der Waals surface area contributed by atoms with Crippen molar-refractivity contribution < 1.29 is 0 Å². The maximum Gasteiger partial charge on any atom is 0.0877 e. The maximum absolute atomic E-state index is 4.65. The Morgan fingerprint density at radius 1 is 0.661 bits per heavy atom. The Labute approximate surface area is 374 Å². The van der Waals surface area contributed by atoms with E-state index in [-0.39, 0.29) is 0 Å². The lowest BCUT2D eigenvalue weighted by atomic mass is 9.79. The summed E-state index contributed by atoms with van der Waals surface area (Å²) in [6, 6.07) is 48.0. The third kappa shape index (κ3) is 10.4. The molecule has 6 rings (SSSR count). The van der Waals surface area contributed by atoms with Crippen molar-refractivity contribution in [3.8, 4) is 33.4 Å². The van der Waals surface area contributed by atoms with Gasteiger partial charge in [0.25, 0.3) is 0 Å². The molecule has 62 heavy (non-hydrogen) atoms. The first-order valence-electron chi connectivity index (χ1n) is 21.6. The molecule has 0 radical (unpaired) electrons. The van der Waals surface area contributed by atoms with Gasteiger partial charge in [-0.2, -0.15) is 0 Å². The van der Waals surface area contributed by atoms with Crippen molar-refractivity contribution in [1.29, 1.82) is 0 Å². The van der Waals surface area contributed by atoms with Crippen LogP contribution in [-0.4, -0.2) is 7.05 Å². The van der Waals surface area contributed by atoms with Crippen LogP contribution in [0.1, 0.15) is 79.1 Å². The van der Waals surface area contributed by atoms with Gasteiger partial charge in [-0.1, -0.05) is 216 Å². The van der Waals surface area contributed by atoms with Gasteiger partial charge < -0.3 is 5.32 Å². The lowest BCUT2D eigenvalue weighted by Gasteiger charge is -2.34. The molecule has 6 aromatic rings. The van der Waals surface area contributed by atoms with E-state index in [2.05, 4.69) is 230 Å². The van der Waals surface area contributed by atoms with E-state index in [0.717, 1.165) is 33.4 Å². The summed E-state index contributed by atoms with van der Waals surface area (Å²) in [4.78, 5) is 0. The third-order valence-electron chi connectivity index (χ3n) is 11.3. The first-order valence-corrected chi connectivity index (χ1v) is 21.6. The molecule has 0 aliphatic carbocycles. The molecule has 0 fully saturated rings. The van der Waals surface area contributed by atoms with Gasteiger partial charge in [0.1, 0.15) is 0 Å². The van der Waals surface area contributed by atoms with Gasteiger partial charge in [0.2, 0.25) is 0 Å². The molecular weight excluding hydrogens is 747 g/mol. The normalized spacial score (nSPS) is 12.5. The third-order valence-corrected chi connectivity index (χ3v) is 11.3. The van der Waals surface area contributed by atoms with Crippen molar-refractivity contribution in [2.24, 2.45) is 0 Å². The van der Waals surface area contributed by atoms with Gasteiger partial charge in [0.05, 0.1) is 5.54 Å². The molecule has 0 aliphatic heterocycles. The van der Waals surface area contributed by atoms with Crippen molar-refractivity contribution in [3.05, 3.63) is 253 Å². The summed E-state index contributed by atoms with van der Waals surface area (Å²) in [5.41, 5.74) is 19.3. The molecule has 0 aromatic heterocycles. The zero-order valence-electron chi connectivity index (χ0n) is 38.4. The highest BCUT2D eigenvalue weighted by atomic mass is 14.9. The summed E-state index contributed by atoms with van der Waals surface area (Å²) in [7, 11) is 2.02. The zero-order valence-corrected chi connectivity index (χ0v) is 38.4. The van der Waals surface area contributed by atoms with E-state index in [0.29, 0.717) is 0 Å². The highest BCUT2D eigenvalue weighted by molar-refractivity contribution is 5.95. The Balaban J connectivity index is 0.00000205. The van der Waals surface area contributed by atoms with Gasteiger partial charge in [-0.3, -0.25) is 0 Å². The topological polar surface area (TPSA) is 12.0 Å². The number of nitrogens with one attached hydrogen (secondary N) is 1. The second-order valence-corrected chi connectivity index (χ2v) is 14.7. The van der Waals surface area contributed by atoms with Crippen molar-refractivity contribution in [1.82, 2.24) is 5.32 Å². The fourth-order valence-corrected chi connectivity index (χ4v) is 8.19. The Morgan fingerprint density at radius 3 is 1.76 bits per heavy atom. The van der Waals surface area contributed by atoms with E-state index >= 15 is 0 Å². The van der Waals surface area contributed by atoms with E-state index in [1.807, 2.05) is 46.0 Å². The summed E-state index contributed by atoms with van der Waals surface area (Å²) in [5, 5.41) is 3.66. The lowest BCUT2D eigenvalue weighted by molar-refractivity contribution is 0.544. The maximum atomic E-state index is 4.65. The summed E-state index contributed by atoms with van der Waals surface area (Å²) in [6.07, 6.45) is 16.7. The summed E-state index contributed by atoms with van der Waals surface area (Å²) < 4.78 is 0. The Bertz CT molecular complexity index is 2570. The second-order valence-electron chi connectivity index (χ2n) is 14.7. The first-order chi connectivity index (χ1) is 30.2. The average molecular weight is 812 g/mol. The van der Waals surface area contributed by atoms with Crippen LogP contribution < -0.4 is 5.32 Å². The molecule has 0 spiro atoms. The van der Waals surface area contributed by atoms with Crippen molar-refractivity contribution in [2.75, 3.05) is 7.05 Å². The van der Waals surface area contributed by atoms with Crippen molar-refractivity contribution in [3.63, 3.8) is 0 Å². The predicted molar refractivity (Wildman–Crippen MR) is 278 cm³/mol. The molecule has 1 N–H and O–H groups in total. The number of hydrogen-bond acceptors (Lipinski definition) is 1. The minimum atomic E-state index is -0.514. The molecule has 1 atom stereocenters. The number of aryl methyl sites for hydroxylation is 1. The van der Waals surface area contributed by atoms with E-state index in [4.69, 9.17) is 0 Å². The predicted octanol–water partition coefficient (Wildman–Crippen LogP) is 17.1. The van der Waals surface area contributed by atoms with Crippen LogP contribution in [0.4, 0.5) is 0 Å². The Hall–Kier alpha value is -6.80. The monoisotopic (exact) mass is 812 g/mol. The quantitative estimate of drug-likeness (QED) is 0.0853. The largest absolute Gasteiger partial charge is 0.304 e. The van der Waals surface area contributed by atoms with Crippen molar-refractivity contribution >= 4 is 23.3 Å². The zero-order chi connectivity index (χ0) is 45.2. The van der Waals surface area contributed by atoms with Crippen LogP contribution in [0.25, 0.3) is 56.7 Å². The van der Waals surface area contributed by atoms with Crippen LogP contribution in [0.3, 0.4) is 0 Å². The molecule has 0 saturated heterocycles.